The topological polar surface area (TPSA) is 69.6 Å². The van der Waals surface area contributed by atoms with Crippen LogP contribution >= 0.6 is 0 Å². The normalized spacial score (nSPS) is 20.8. The molecule has 1 atom stereocenters. The molecule has 1 saturated heterocycles. The van der Waals surface area contributed by atoms with E-state index in [9.17, 15) is 14.7 Å². The minimum atomic E-state index is -0.696. The summed E-state index contributed by atoms with van der Waals surface area (Å²) < 4.78 is 0. The minimum Gasteiger partial charge on any atom is -0.508 e. The van der Waals surface area contributed by atoms with Gasteiger partial charge < -0.3 is 15.3 Å². The maximum atomic E-state index is 11.8. The van der Waals surface area contributed by atoms with Crippen molar-refractivity contribution in [2.45, 2.75) is 6.04 Å². The maximum absolute atomic E-state index is 11.8. The Morgan fingerprint density at radius 1 is 1.44 bits per heavy atom. The van der Waals surface area contributed by atoms with E-state index in [1.165, 1.54) is 17.0 Å². The lowest BCUT2D eigenvalue weighted by Gasteiger charge is -2.29. The molecule has 0 radical (unpaired) electrons. The van der Waals surface area contributed by atoms with Gasteiger partial charge in [-0.3, -0.25) is 9.59 Å². The molecule has 2 rings (SSSR count). The fourth-order valence-electron chi connectivity index (χ4n) is 1.71. The van der Waals surface area contributed by atoms with Crippen molar-refractivity contribution in [2.75, 3.05) is 13.6 Å². The van der Waals surface area contributed by atoms with Crippen molar-refractivity contribution < 1.29 is 14.7 Å². The summed E-state index contributed by atoms with van der Waals surface area (Å²) in [4.78, 5) is 24.5. The second-order valence-electron chi connectivity index (χ2n) is 3.79. The predicted molar refractivity (Wildman–Crippen MR) is 56.6 cm³/mol. The second kappa shape index (κ2) is 3.84. The molecule has 1 heterocycles. The first-order valence-corrected chi connectivity index (χ1v) is 4.91. The van der Waals surface area contributed by atoms with E-state index in [0.717, 1.165) is 0 Å². The fraction of sp³-hybridized carbons (Fsp3) is 0.273. The van der Waals surface area contributed by atoms with Gasteiger partial charge in [-0.05, 0) is 17.7 Å². The van der Waals surface area contributed by atoms with Crippen LogP contribution in [0.2, 0.25) is 0 Å². The number of phenolic OH excluding ortho intramolecular Hbond substituents is 1. The van der Waals surface area contributed by atoms with Crippen molar-refractivity contribution in [2.24, 2.45) is 0 Å². The van der Waals surface area contributed by atoms with E-state index in [1.807, 2.05) is 0 Å². The van der Waals surface area contributed by atoms with E-state index < -0.39 is 6.04 Å². The van der Waals surface area contributed by atoms with Gasteiger partial charge in [0.1, 0.15) is 11.8 Å². The van der Waals surface area contributed by atoms with Gasteiger partial charge in [0.2, 0.25) is 11.8 Å². The van der Waals surface area contributed by atoms with Crippen LogP contribution in [0.3, 0.4) is 0 Å². The van der Waals surface area contributed by atoms with Gasteiger partial charge in [0.05, 0.1) is 6.54 Å². The Balaban J connectivity index is 2.32. The van der Waals surface area contributed by atoms with Gasteiger partial charge in [0.15, 0.2) is 0 Å². The van der Waals surface area contributed by atoms with Crippen LogP contribution in [0.5, 0.6) is 5.75 Å². The largest absolute Gasteiger partial charge is 0.508 e. The van der Waals surface area contributed by atoms with E-state index in [2.05, 4.69) is 5.32 Å². The van der Waals surface area contributed by atoms with Gasteiger partial charge in [-0.2, -0.15) is 0 Å². The minimum absolute atomic E-state index is 0.0766. The Hall–Kier alpha value is -2.04. The van der Waals surface area contributed by atoms with Gasteiger partial charge in [0.25, 0.3) is 0 Å². The second-order valence-corrected chi connectivity index (χ2v) is 3.79. The number of carbonyl (C=O) groups excluding carboxylic acids is 2. The van der Waals surface area contributed by atoms with Crippen molar-refractivity contribution in [1.82, 2.24) is 10.2 Å². The lowest BCUT2D eigenvalue weighted by molar-refractivity contribution is -0.143. The average Bonchev–Trinajstić information content (AvgIpc) is 2.23. The van der Waals surface area contributed by atoms with Crippen molar-refractivity contribution in [3.8, 4) is 5.75 Å². The lowest BCUT2D eigenvalue weighted by atomic mass is 10.0. The van der Waals surface area contributed by atoms with Gasteiger partial charge in [-0.15, -0.1) is 0 Å². The van der Waals surface area contributed by atoms with E-state index in [1.54, 1.807) is 19.2 Å². The van der Waals surface area contributed by atoms with Gasteiger partial charge in [-0.25, -0.2) is 0 Å². The fourth-order valence-corrected chi connectivity index (χ4v) is 1.71. The molecule has 1 aromatic carbocycles. The smallest absolute Gasteiger partial charge is 0.250 e. The number of carbonyl (C=O) groups is 2. The molecule has 0 aliphatic carbocycles. The molecule has 0 bridgehead atoms. The van der Waals surface area contributed by atoms with E-state index >= 15 is 0 Å². The first kappa shape index (κ1) is 10.5. The molecule has 2 N–H and O–H groups in total. The van der Waals surface area contributed by atoms with Crippen LogP contribution in [0.1, 0.15) is 11.6 Å². The number of amides is 2. The molecule has 0 aromatic heterocycles. The van der Waals surface area contributed by atoms with Crippen LogP contribution in [-0.2, 0) is 9.59 Å². The molecule has 2 amide bonds. The molecule has 0 spiro atoms. The molecule has 16 heavy (non-hydrogen) atoms. The van der Waals surface area contributed by atoms with Crippen LogP contribution in [0.4, 0.5) is 0 Å². The Morgan fingerprint density at radius 3 is 2.88 bits per heavy atom. The van der Waals surface area contributed by atoms with Crippen LogP contribution < -0.4 is 5.32 Å². The molecule has 1 aliphatic heterocycles. The van der Waals surface area contributed by atoms with Crippen molar-refractivity contribution in [1.29, 1.82) is 0 Å². The third kappa shape index (κ3) is 1.84. The highest BCUT2D eigenvalue weighted by atomic mass is 16.3. The molecule has 5 nitrogen and oxygen atoms in total. The molecule has 1 unspecified atom stereocenters. The first-order chi connectivity index (χ1) is 7.58. The summed E-state index contributed by atoms with van der Waals surface area (Å²) in [6.45, 7) is 0.0775. The average molecular weight is 220 g/mol. The molecule has 1 aromatic rings. The Bertz CT molecular complexity index is 445. The number of hydrogen-bond acceptors (Lipinski definition) is 3. The Kier molecular flexibility index (Phi) is 2.52. The molecule has 1 aliphatic rings. The van der Waals surface area contributed by atoms with E-state index in [-0.39, 0.29) is 24.1 Å². The zero-order valence-corrected chi connectivity index (χ0v) is 8.80. The SMILES string of the molecule is CN1CC(=O)NC(c2cccc(O)c2)C1=O. The summed E-state index contributed by atoms with van der Waals surface area (Å²) in [5.41, 5.74) is 0.588. The third-order valence-corrected chi connectivity index (χ3v) is 2.51. The van der Waals surface area contributed by atoms with E-state index in [0.29, 0.717) is 5.56 Å². The maximum Gasteiger partial charge on any atom is 0.250 e. The number of nitrogens with one attached hydrogen (secondary N) is 1. The number of phenols is 1. The Morgan fingerprint density at radius 2 is 2.19 bits per heavy atom. The summed E-state index contributed by atoms with van der Waals surface area (Å²) in [5.74, 6) is -0.298. The quantitative estimate of drug-likeness (QED) is 0.701. The molecule has 1 fully saturated rings. The summed E-state index contributed by atoms with van der Waals surface area (Å²) in [6, 6.07) is 5.63. The highest BCUT2D eigenvalue weighted by molar-refractivity contribution is 5.95. The van der Waals surface area contributed by atoms with Crippen LogP contribution in [0.15, 0.2) is 24.3 Å². The van der Waals surface area contributed by atoms with Crippen molar-refractivity contribution in [3.05, 3.63) is 29.8 Å². The number of rotatable bonds is 1. The molecule has 84 valence electrons. The van der Waals surface area contributed by atoms with Gasteiger partial charge in [-0.1, -0.05) is 12.1 Å². The van der Waals surface area contributed by atoms with E-state index in [4.69, 9.17) is 0 Å². The summed E-state index contributed by atoms with van der Waals surface area (Å²) in [6.07, 6.45) is 0. The number of nitrogens with zero attached hydrogens (tertiary/aromatic N) is 1. The number of aromatic hydroxyl groups is 1. The van der Waals surface area contributed by atoms with Crippen molar-refractivity contribution >= 4 is 11.8 Å². The lowest BCUT2D eigenvalue weighted by Crippen LogP contribution is -2.51. The summed E-state index contributed by atoms with van der Waals surface area (Å²) in [5, 5.41) is 11.9. The summed E-state index contributed by atoms with van der Waals surface area (Å²) in [7, 11) is 1.58. The van der Waals surface area contributed by atoms with Gasteiger partial charge >= 0.3 is 0 Å². The highest BCUT2D eigenvalue weighted by Gasteiger charge is 2.31. The Labute approximate surface area is 92.7 Å². The molecular formula is C11H12N2O3. The number of hydrogen-bond donors (Lipinski definition) is 2. The molecular weight excluding hydrogens is 208 g/mol. The summed E-state index contributed by atoms with van der Waals surface area (Å²) >= 11 is 0. The predicted octanol–water partition coefficient (Wildman–Crippen LogP) is 0.0215. The number of piperazine rings is 1. The molecule has 0 saturated carbocycles. The van der Waals surface area contributed by atoms with Crippen LogP contribution in [0.25, 0.3) is 0 Å². The van der Waals surface area contributed by atoms with Gasteiger partial charge in [0, 0.05) is 7.05 Å². The monoisotopic (exact) mass is 220 g/mol. The van der Waals surface area contributed by atoms with Crippen LogP contribution in [0, 0.1) is 0 Å². The molecule has 5 heteroatoms. The first-order valence-electron chi connectivity index (χ1n) is 4.91. The van der Waals surface area contributed by atoms with Crippen molar-refractivity contribution in [3.63, 3.8) is 0 Å². The van der Waals surface area contributed by atoms with Crippen LogP contribution in [-0.4, -0.2) is 35.4 Å². The number of benzene rings is 1. The third-order valence-electron chi connectivity index (χ3n) is 2.51. The standard InChI is InChI=1S/C11H12N2O3/c1-13-6-9(15)12-10(11(13)16)7-3-2-4-8(14)5-7/h2-5,10,14H,6H2,1H3,(H,12,15). The number of likely N-dealkylation sites (N-methyl/N-ethyl adjacent to an activating group) is 1. The highest BCUT2D eigenvalue weighted by Crippen LogP contribution is 2.21. The zero-order valence-electron chi connectivity index (χ0n) is 8.80. The zero-order chi connectivity index (χ0) is 11.7.